The minimum atomic E-state index is 0.212. The van der Waals surface area contributed by atoms with Crippen molar-refractivity contribution in [1.82, 2.24) is 15.5 Å². The highest BCUT2D eigenvalue weighted by atomic mass is 32.1. The number of aliphatic imine (C=N–C) groups is 1. The van der Waals surface area contributed by atoms with E-state index in [1.807, 2.05) is 7.05 Å². The molecule has 0 aromatic carbocycles. The summed E-state index contributed by atoms with van der Waals surface area (Å²) in [7, 11) is 6.01. The molecule has 0 radical (unpaired) electrons. The summed E-state index contributed by atoms with van der Waals surface area (Å²) in [4.78, 5) is 6.47. The third-order valence-corrected chi connectivity index (χ3v) is 3.47. The molecule has 0 unspecified atom stereocenters. The van der Waals surface area contributed by atoms with E-state index in [1.54, 1.807) is 11.3 Å². The Balaban J connectivity index is 2.36. The fourth-order valence-electron chi connectivity index (χ4n) is 2.03. The standard InChI is InChI=1S/C14H26N4S/c1-14(2,11-18(4)5)10-17-13(15-3)16-8-12-6-7-19-9-12/h6-7,9H,8,10-11H2,1-5H3,(H2,15,16,17). The maximum absolute atomic E-state index is 4.25. The van der Waals surface area contributed by atoms with Crippen molar-refractivity contribution < 1.29 is 0 Å². The van der Waals surface area contributed by atoms with Gasteiger partial charge in [-0.2, -0.15) is 11.3 Å². The van der Waals surface area contributed by atoms with Crippen molar-refractivity contribution in [3.63, 3.8) is 0 Å². The summed E-state index contributed by atoms with van der Waals surface area (Å²) in [5, 5.41) is 11.0. The minimum absolute atomic E-state index is 0.212. The Morgan fingerprint density at radius 2 is 2.11 bits per heavy atom. The average Bonchev–Trinajstić information content (AvgIpc) is 2.80. The number of nitrogens with zero attached hydrogens (tertiary/aromatic N) is 2. The molecule has 0 aliphatic heterocycles. The van der Waals surface area contributed by atoms with Gasteiger partial charge in [0, 0.05) is 26.7 Å². The van der Waals surface area contributed by atoms with E-state index in [-0.39, 0.29) is 5.41 Å². The first-order valence-corrected chi connectivity index (χ1v) is 7.47. The van der Waals surface area contributed by atoms with Crippen molar-refractivity contribution >= 4 is 17.3 Å². The first-order chi connectivity index (χ1) is 8.93. The molecule has 4 nitrogen and oxygen atoms in total. The van der Waals surface area contributed by atoms with Gasteiger partial charge in [0.15, 0.2) is 5.96 Å². The number of guanidine groups is 1. The number of rotatable bonds is 6. The van der Waals surface area contributed by atoms with Crippen LogP contribution in [0.25, 0.3) is 0 Å². The molecule has 19 heavy (non-hydrogen) atoms. The lowest BCUT2D eigenvalue weighted by molar-refractivity contribution is 0.241. The SMILES string of the molecule is CN=C(NCc1ccsc1)NCC(C)(C)CN(C)C. The van der Waals surface area contributed by atoms with Crippen LogP contribution in [0.4, 0.5) is 0 Å². The lowest BCUT2D eigenvalue weighted by Gasteiger charge is -2.29. The quantitative estimate of drug-likeness (QED) is 0.619. The van der Waals surface area contributed by atoms with Crippen LogP contribution in [0, 0.1) is 5.41 Å². The molecule has 0 fully saturated rings. The van der Waals surface area contributed by atoms with Gasteiger partial charge in [-0.15, -0.1) is 0 Å². The normalized spacial score (nSPS) is 12.8. The lowest BCUT2D eigenvalue weighted by Crippen LogP contribution is -2.44. The summed E-state index contributed by atoms with van der Waals surface area (Å²) in [6.45, 7) is 7.27. The van der Waals surface area contributed by atoms with Gasteiger partial charge in [-0.05, 0) is 41.9 Å². The predicted molar refractivity (Wildman–Crippen MR) is 84.9 cm³/mol. The molecule has 0 aliphatic rings. The van der Waals surface area contributed by atoms with E-state index in [0.29, 0.717) is 0 Å². The second-order valence-electron chi connectivity index (χ2n) is 5.81. The fourth-order valence-corrected chi connectivity index (χ4v) is 2.70. The maximum atomic E-state index is 4.25. The third kappa shape index (κ3) is 6.59. The highest BCUT2D eigenvalue weighted by molar-refractivity contribution is 7.07. The molecule has 2 N–H and O–H groups in total. The Kier molecular flexibility index (Phi) is 6.31. The summed E-state index contributed by atoms with van der Waals surface area (Å²) >= 11 is 1.72. The van der Waals surface area contributed by atoms with Crippen LogP contribution in [0.15, 0.2) is 21.8 Å². The average molecular weight is 282 g/mol. The van der Waals surface area contributed by atoms with Crippen molar-refractivity contribution in [3.05, 3.63) is 22.4 Å². The van der Waals surface area contributed by atoms with Gasteiger partial charge in [0.05, 0.1) is 0 Å². The van der Waals surface area contributed by atoms with Gasteiger partial charge in [-0.25, -0.2) is 0 Å². The van der Waals surface area contributed by atoms with Crippen molar-refractivity contribution in [2.24, 2.45) is 10.4 Å². The van der Waals surface area contributed by atoms with Crippen LogP contribution in [0.3, 0.4) is 0 Å². The Morgan fingerprint density at radius 1 is 1.37 bits per heavy atom. The molecule has 0 saturated heterocycles. The number of nitrogens with one attached hydrogen (secondary N) is 2. The zero-order chi connectivity index (χ0) is 14.3. The van der Waals surface area contributed by atoms with Gasteiger partial charge in [0.2, 0.25) is 0 Å². The molecule has 108 valence electrons. The zero-order valence-corrected chi connectivity index (χ0v) is 13.5. The summed E-state index contributed by atoms with van der Waals surface area (Å²) in [6, 6.07) is 2.13. The molecule has 0 saturated carbocycles. The van der Waals surface area contributed by atoms with Crippen LogP contribution in [0.5, 0.6) is 0 Å². The Hall–Kier alpha value is -1.07. The molecule has 0 atom stereocenters. The van der Waals surface area contributed by atoms with Gasteiger partial charge < -0.3 is 15.5 Å². The van der Waals surface area contributed by atoms with E-state index in [2.05, 4.69) is 65.3 Å². The Morgan fingerprint density at radius 3 is 2.63 bits per heavy atom. The summed E-state index contributed by atoms with van der Waals surface area (Å²) in [5.74, 6) is 0.859. The van der Waals surface area contributed by atoms with Gasteiger partial charge in [-0.3, -0.25) is 4.99 Å². The highest BCUT2D eigenvalue weighted by Gasteiger charge is 2.19. The number of hydrogen-bond acceptors (Lipinski definition) is 3. The summed E-state index contributed by atoms with van der Waals surface area (Å²) in [5.41, 5.74) is 1.50. The lowest BCUT2D eigenvalue weighted by atomic mass is 9.93. The van der Waals surface area contributed by atoms with E-state index < -0.39 is 0 Å². The monoisotopic (exact) mass is 282 g/mol. The summed E-state index contributed by atoms with van der Waals surface area (Å²) in [6.07, 6.45) is 0. The van der Waals surface area contributed by atoms with Crippen molar-refractivity contribution in [2.75, 3.05) is 34.2 Å². The second kappa shape index (κ2) is 7.50. The minimum Gasteiger partial charge on any atom is -0.356 e. The molecule has 0 aliphatic carbocycles. The second-order valence-corrected chi connectivity index (χ2v) is 6.59. The van der Waals surface area contributed by atoms with Crippen molar-refractivity contribution in [1.29, 1.82) is 0 Å². The smallest absolute Gasteiger partial charge is 0.191 e. The van der Waals surface area contributed by atoms with Gasteiger partial charge in [-0.1, -0.05) is 13.8 Å². The molecule has 5 heteroatoms. The van der Waals surface area contributed by atoms with Crippen LogP contribution in [0.2, 0.25) is 0 Å². The largest absolute Gasteiger partial charge is 0.356 e. The predicted octanol–water partition coefficient (Wildman–Crippen LogP) is 2.00. The maximum Gasteiger partial charge on any atom is 0.191 e. The molecule has 1 rings (SSSR count). The van der Waals surface area contributed by atoms with E-state index in [0.717, 1.165) is 25.6 Å². The van der Waals surface area contributed by atoms with Crippen LogP contribution >= 0.6 is 11.3 Å². The van der Waals surface area contributed by atoms with E-state index in [1.165, 1.54) is 5.56 Å². The van der Waals surface area contributed by atoms with E-state index in [4.69, 9.17) is 0 Å². The molecular weight excluding hydrogens is 256 g/mol. The van der Waals surface area contributed by atoms with Crippen LogP contribution in [-0.2, 0) is 6.54 Å². The molecule has 1 heterocycles. The summed E-state index contributed by atoms with van der Waals surface area (Å²) < 4.78 is 0. The fraction of sp³-hybridized carbons (Fsp3) is 0.643. The zero-order valence-electron chi connectivity index (χ0n) is 12.7. The molecule has 1 aromatic heterocycles. The molecule has 0 bridgehead atoms. The van der Waals surface area contributed by atoms with Gasteiger partial charge >= 0.3 is 0 Å². The third-order valence-electron chi connectivity index (χ3n) is 2.74. The highest BCUT2D eigenvalue weighted by Crippen LogP contribution is 2.14. The van der Waals surface area contributed by atoms with Crippen LogP contribution in [0.1, 0.15) is 19.4 Å². The van der Waals surface area contributed by atoms with Gasteiger partial charge in [0.1, 0.15) is 0 Å². The number of thiophene rings is 1. The molecular formula is C14H26N4S. The van der Waals surface area contributed by atoms with Crippen molar-refractivity contribution in [2.45, 2.75) is 20.4 Å². The Bertz CT molecular complexity index is 382. The van der Waals surface area contributed by atoms with E-state index >= 15 is 0 Å². The first kappa shape index (κ1) is 16.0. The van der Waals surface area contributed by atoms with Crippen LogP contribution < -0.4 is 10.6 Å². The molecule has 0 amide bonds. The molecule has 1 aromatic rings. The number of hydrogen-bond donors (Lipinski definition) is 2. The van der Waals surface area contributed by atoms with Crippen molar-refractivity contribution in [3.8, 4) is 0 Å². The van der Waals surface area contributed by atoms with E-state index in [9.17, 15) is 0 Å². The van der Waals surface area contributed by atoms with Gasteiger partial charge in [0.25, 0.3) is 0 Å². The Labute approximate surface area is 120 Å². The van der Waals surface area contributed by atoms with Crippen LogP contribution in [-0.4, -0.2) is 45.1 Å². The molecule has 0 spiro atoms. The topological polar surface area (TPSA) is 39.7 Å². The first-order valence-electron chi connectivity index (χ1n) is 6.53.